The summed E-state index contributed by atoms with van der Waals surface area (Å²) in [6, 6.07) is 8.06. The van der Waals surface area contributed by atoms with Crippen LogP contribution in [0.25, 0.3) is 0 Å². The van der Waals surface area contributed by atoms with Crippen molar-refractivity contribution in [2.45, 2.75) is 25.4 Å². The largest absolute Gasteiger partial charge is 0.382 e. The third-order valence-corrected chi connectivity index (χ3v) is 3.06. The van der Waals surface area contributed by atoms with Crippen molar-refractivity contribution in [1.82, 2.24) is 5.32 Å². The van der Waals surface area contributed by atoms with E-state index in [1.165, 1.54) is 5.56 Å². The maximum Gasteiger partial charge on any atom is 0.0549 e. The summed E-state index contributed by atoms with van der Waals surface area (Å²) in [7, 11) is 3.73. The zero-order valence-electron chi connectivity index (χ0n) is 10.2. The number of hydrogen-bond donors (Lipinski definition) is 1. The molecule has 0 amide bonds. The summed E-state index contributed by atoms with van der Waals surface area (Å²) >= 11 is 5.89. The number of benzene rings is 1. The Balaban J connectivity index is 2.72. The molecule has 0 heterocycles. The smallest absolute Gasteiger partial charge is 0.0549 e. The lowest BCUT2D eigenvalue weighted by atomic mass is 9.93. The lowest BCUT2D eigenvalue weighted by Crippen LogP contribution is -2.21. The highest BCUT2D eigenvalue weighted by molar-refractivity contribution is 6.30. The molecule has 1 rings (SSSR count). The molecule has 90 valence electrons. The van der Waals surface area contributed by atoms with Crippen molar-refractivity contribution >= 4 is 11.6 Å². The van der Waals surface area contributed by atoms with Crippen molar-refractivity contribution in [2.24, 2.45) is 0 Å². The third-order valence-electron chi connectivity index (χ3n) is 2.81. The molecule has 1 aromatic rings. The van der Waals surface area contributed by atoms with E-state index in [1.54, 1.807) is 7.11 Å². The molecule has 0 aromatic heterocycles. The standard InChI is InChI=1S/C13H20ClNO/c1-10(16-3)8-12(9-15-2)11-4-6-13(14)7-5-11/h4-7,10,12,15H,8-9H2,1-3H3. The van der Waals surface area contributed by atoms with E-state index in [0.29, 0.717) is 5.92 Å². The minimum absolute atomic E-state index is 0.272. The predicted molar refractivity (Wildman–Crippen MR) is 69.2 cm³/mol. The Morgan fingerprint density at radius 1 is 1.31 bits per heavy atom. The molecule has 16 heavy (non-hydrogen) atoms. The molecule has 0 fully saturated rings. The van der Waals surface area contributed by atoms with Crippen LogP contribution in [0.15, 0.2) is 24.3 Å². The Morgan fingerprint density at radius 2 is 1.94 bits per heavy atom. The number of halogens is 1. The normalized spacial score (nSPS) is 14.8. The Labute approximate surface area is 103 Å². The number of rotatable bonds is 6. The fourth-order valence-corrected chi connectivity index (χ4v) is 1.94. The van der Waals surface area contributed by atoms with E-state index in [-0.39, 0.29) is 6.10 Å². The highest BCUT2D eigenvalue weighted by atomic mass is 35.5. The molecule has 2 unspecified atom stereocenters. The van der Waals surface area contributed by atoms with Gasteiger partial charge < -0.3 is 10.1 Å². The number of methoxy groups -OCH3 is 1. The van der Waals surface area contributed by atoms with Crippen molar-refractivity contribution in [3.63, 3.8) is 0 Å². The molecule has 1 aromatic carbocycles. The molecule has 0 saturated carbocycles. The molecule has 0 aliphatic rings. The summed E-state index contributed by atoms with van der Waals surface area (Å²) in [6.07, 6.45) is 1.29. The Hall–Kier alpha value is -0.570. The molecule has 2 nitrogen and oxygen atoms in total. The number of nitrogens with one attached hydrogen (secondary N) is 1. The maximum absolute atomic E-state index is 5.89. The van der Waals surface area contributed by atoms with Crippen LogP contribution in [0.3, 0.4) is 0 Å². The molecular formula is C13H20ClNO. The van der Waals surface area contributed by atoms with Crippen LogP contribution < -0.4 is 5.32 Å². The molecule has 0 saturated heterocycles. The first-order chi connectivity index (χ1) is 7.67. The second-order valence-electron chi connectivity index (χ2n) is 4.09. The van der Waals surface area contributed by atoms with E-state index in [1.807, 2.05) is 19.2 Å². The van der Waals surface area contributed by atoms with Gasteiger partial charge in [-0.15, -0.1) is 0 Å². The van der Waals surface area contributed by atoms with E-state index in [0.717, 1.165) is 18.0 Å². The average molecular weight is 242 g/mol. The van der Waals surface area contributed by atoms with Crippen LogP contribution in [0.2, 0.25) is 5.02 Å². The molecule has 0 bridgehead atoms. The Bertz CT molecular complexity index is 299. The number of ether oxygens (including phenoxy) is 1. The van der Waals surface area contributed by atoms with Crippen molar-refractivity contribution < 1.29 is 4.74 Å². The zero-order valence-corrected chi connectivity index (χ0v) is 10.9. The summed E-state index contributed by atoms with van der Waals surface area (Å²) in [5.41, 5.74) is 1.31. The zero-order chi connectivity index (χ0) is 12.0. The van der Waals surface area contributed by atoms with E-state index >= 15 is 0 Å². The lowest BCUT2D eigenvalue weighted by Gasteiger charge is -2.20. The summed E-state index contributed by atoms with van der Waals surface area (Å²) in [5, 5.41) is 4.01. The third kappa shape index (κ3) is 4.12. The van der Waals surface area contributed by atoms with Gasteiger partial charge in [0.05, 0.1) is 6.10 Å². The minimum Gasteiger partial charge on any atom is -0.382 e. The molecule has 0 aliphatic heterocycles. The monoisotopic (exact) mass is 241 g/mol. The second kappa shape index (κ2) is 6.89. The molecule has 1 N–H and O–H groups in total. The molecule has 0 radical (unpaired) electrons. The van der Waals surface area contributed by atoms with Gasteiger partial charge in [0.15, 0.2) is 0 Å². The Morgan fingerprint density at radius 3 is 2.44 bits per heavy atom. The quantitative estimate of drug-likeness (QED) is 0.827. The number of hydrogen-bond acceptors (Lipinski definition) is 2. The summed E-state index contributed by atoms with van der Waals surface area (Å²) in [5.74, 6) is 0.470. The van der Waals surface area contributed by atoms with Gasteiger partial charge in [-0.2, -0.15) is 0 Å². The molecule has 2 atom stereocenters. The molecule has 3 heteroatoms. The topological polar surface area (TPSA) is 21.3 Å². The molecule has 0 spiro atoms. The first-order valence-electron chi connectivity index (χ1n) is 5.60. The van der Waals surface area contributed by atoms with Gasteiger partial charge in [-0.25, -0.2) is 0 Å². The van der Waals surface area contributed by atoms with Crippen molar-refractivity contribution in [2.75, 3.05) is 20.7 Å². The van der Waals surface area contributed by atoms with Gasteiger partial charge in [0.2, 0.25) is 0 Å². The summed E-state index contributed by atoms with van der Waals surface area (Å²) in [6.45, 7) is 3.05. The first-order valence-corrected chi connectivity index (χ1v) is 5.98. The van der Waals surface area contributed by atoms with Gasteiger partial charge >= 0.3 is 0 Å². The Kier molecular flexibility index (Phi) is 5.81. The van der Waals surface area contributed by atoms with E-state index in [2.05, 4.69) is 24.4 Å². The van der Waals surface area contributed by atoms with E-state index < -0.39 is 0 Å². The minimum atomic E-state index is 0.272. The lowest BCUT2D eigenvalue weighted by molar-refractivity contribution is 0.104. The van der Waals surface area contributed by atoms with Crippen LogP contribution >= 0.6 is 11.6 Å². The van der Waals surface area contributed by atoms with Gasteiger partial charge in [-0.3, -0.25) is 0 Å². The molecular weight excluding hydrogens is 222 g/mol. The number of likely N-dealkylation sites (N-methyl/N-ethyl adjacent to an activating group) is 1. The summed E-state index contributed by atoms with van der Waals surface area (Å²) < 4.78 is 5.32. The van der Waals surface area contributed by atoms with E-state index in [4.69, 9.17) is 16.3 Å². The van der Waals surface area contributed by atoms with Crippen LogP contribution in [0.4, 0.5) is 0 Å². The van der Waals surface area contributed by atoms with Crippen LogP contribution in [0.1, 0.15) is 24.8 Å². The van der Waals surface area contributed by atoms with Gasteiger partial charge in [-0.1, -0.05) is 23.7 Å². The van der Waals surface area contributed by atoms with Crippen LogP contribution in [-0.4, -0.2) is 26.8 Å². The highest BCUT2D eigenvalue weighted by Gasteiger charge is 2.14. The van der Waals surface area contributed by atoms with Gasteiger partial charge in [0.25, 0.3) is 0 Å². The predicted octanol–water partition coefficient (Wildman–Crippen LogP) is 3.07. The van der Waals surface area contributed by atoms with Crippen molar-refractivity contribution in [3.8, 4) is 0 Å². The molecule has 0 aliphatic carbocycles. The average Bonchev–Trinajstić information content (AvgIpc) is 2.29. The van der Waals surface area contributed by atoms with E-state index in [9.17, 15) is 0 Å². The van der Waals surface area contributed by atoms with Crippen LogP contribution in [0, 0.1) is 0 Å². The van der Waals surface area contributed by atoms with Gasteiger partial charge in [-0.05, 0) is 44.0 Å². The summed E-state index contributed by atoms with van der Waals surface area (Å²) in [4.78, 5) is 0. The maximum atomic E-state index is 5.89. The first kappa shape index (κ1) is 13.5. The highest BCUT2D eigenvalue weighted by Crippen LogP contribution is 2.23. The van der Waals surface area contributed by atoms with Gasteiger partial charge in [0.1, 0.15) is 0 Å². The van der Waals surface area contributed by atoms with Crippen LogP contribution in [-0.2, 0) is 4.74 Å². The van der Waals surface area contributed by atoms with Crippen molar-refractivity contribution in [3.05, 3.63) is 34.9 Å². The van der Waals surface area contributed by atoms with Gasteiger partial charge in [0, 0.05) is 18.7 Å². The SMILES string of the molecule is CNCC(CC(C)OC)c1ccc(Cl)cc1. The fraction of sp³-hybridized carbons (Fsp3) is 0.538. The second-order valence-corrected chi connectivity index (χ2v) is 4.52. The fourth-order valence-electron chi connectivity index (χ4n) is 1.82. The van der Waals surface area contributed by atoms with Crippen molar-refractivity contribution in [1.29, 1.82) is 0 Å². The van der Waals surface area contributed by atoms with Crippen LogP contribution in [0.5, 0.6) is 0 Å².